The van der Waals surface area contributed by atoms with E-state index < -0.39 is 15.8 Å². The second-order valence-corrected chi connectivity index (χ2v) is 21.1. The first-order valence-corrected chi connectivity index (χ1v) is 25.1. The Kier molecular flexibility index (Phi) is 17.9. The van der Waals surface area contributed by atoms with Crippen LogP contribution < -0.4 is 31.8 Å². The molecule has 244 valence electrons. The second-order valence-electron chi connectivity index (χ2n) is 9.42. The van der Waals surface area contributed by atoms with E-state index in [1.807, 2.05) is 0 Å². The van der Waals surface area contributed by atoms with Gasteiger partial charge in [-0.25, -0.2) is 0 Å². The molecule has 0 fully saturated rings. The summed E-state index contributed by atoms with van der Waals surface area (Å²) in [5, 5.41) is 7.90. The van der Waals surface area contributed by atoms with Crippen LogP contribution in [-0.2, 0) is 15.9 Å². The normalized spacial score (nSPS) is 10.7. The zero-order chi connectivity index (χ0) is 33.8. The fraction of sp³-hybridized carbons (Fsp3) is 0. The Morgan fingerprint density at radius 2 is 0.426 bits per heavy atom. The molecule has 0 amide bonds. The van der Waals surface area contributed by atoms with E-state index in [2.05, 4.69) is 241 Å². The van der Waals surface area contributed by atoms with E-state index in [0.717, 1.165) is 26.8 Å². The number of rotatable bonds is 6. The van der Waals surface area contributed by atoms with E-state index in [9.17, 15) is 0 Å². The van der Waals surface area contributed by atoms with Crippen molar-refractivity contribution in [1.29, 1.82) is 0 Å². The molecular formula is C36H24Br6Cl2P2Pd. The Morgan fingerprint density at radius 3 is 0.553 bits per heavy atom. The van der Waals surface area contributed by atoms with Crippen molar-refractivity contribution in [3.8, 4) is 0 Å². The Morgan fingerprint density at radius 1 is 0.298 bits per heavy atom. The average molecular weight is 1180 g/mol. The molecule has 47 heavy (non-hydrogen) atoms. The molecule has 0 aliphatic carbocycles. The van der Waals surface area contributed by atoms with Crippen LogP contribution in [0, 0.1) is 0 Å². The van der Waals surface area contributed by atoms with Gasteiger partial charge in [0.2, 0.25) is 0 Å². The molecule has 0 aliphatic heterocycles. The third-order valence-corrected chi connectivity index (χ3v) is 17.8. The van der Waals surface area contributed by atoms with E-state index in [1.54, 1.807) is 0 Å². The van der Waals surface area contributed by atoms with Crippen molar-refractivity contribution in [2.75, 3.05) is 0 Å². The predicted molar refractivity (Wildman–Crippen MR) is 228 cm³/mol. The standard InChI is InChI=1S/2C18H12Br3P.2ClH.Pd/c2*19-13-7-1-4-10-16(13)22(17-11-5-2-8-14(17)20)18-12-6-3-9-15(18)21;;;/h2*1-12H;2*1H;/q;;;;+2/p-2. The van der Waals surface area contributed by atoms with Crippen molar-refractivity contribution >= 4 is 162 Å². The van der Waals surface area contributed by atoms with Gasteiger partial charge in [-0.3, -0.25) is 0 Å². The van der Waals surface area contributed by atoms with Crippen LogP contribution >= 0.6 is 130 Å². The number of hydrogen-bond acceptors (Lipinski definition) is 0. The summed E-state index contributed by atoms with van der Waals surface area (Å²) in [7, 11) is 8.33. The predicted octanol–water partition coefficient (Wildman–Crippen LogP) is 12.8. The third kappa shape index (κ3) is 11.1. The van der Waals surface area contributed by atoms with Gasteiger partial charge < -0.3 is 0 Å². The topological polar surface area (TPSA) is 0 Å². The van der Waals surface area contributed by atoms with Crippen molar-refractivity contribution in [1.82, 2.24) is 0 Å². The van der Waals surface area contributed by atoms with E-state index in [1.165, 1.54) is 31.8 Å². The fourth-order valence-corrected chi connectivity index (χ4v) is 14.2. The summed E-state index contributed by atoms with van der Waals surface area (Å²) in [6.07, 6.45) is 0. The quantitative estimate of drug-likeness (QED) is 0.115. The molecule has 0 N–H and O–H groups in total. The van der Waals surface area contributed by atoms with Crippen LogP contribution in [-0.4, -0.2) is 0 Å². The molecule has 0 unspecified atom stereocenters. The van der Waals surface area contributed by atoms with Gasteiger partial charge in [0.25, 0.3) is 0 Å². The molecule has 11 heteroatoms. The molecule has 0 aliphatic rings. The van der Waals surface area contributed by atoms with Crippen LogP contribution in [0.5, 0.6) is 0 Å². The maximum atomic E-state index is 4.81. The van der Waals surface area contributed by atoms with Crippen LogP contribution in [0.1, 0.15) is 0 Å². The minimum atomic E-state index is -0.649. The Hall–Kier alpha value is 0.302. The monoisotopic (exact) mass is 1170 g/mol. The second kappa shape index (κ2) is 21.0. The molecule has 6 aromatic carbocycles. The zero-order valence-electron chi connectivity index (χ0n) is 24.1. The molecule has 0 heterocycles. The molecule has 6 rings (SSSR count). The molecule has 0 spiro atoms. The van der Waals surface area contributed by atoms with Gasteiger partial charge in [0.15, 0.2) is 0 Å². The van der Waals surface area contributed by atoms with Gasteiger partial charge in [0.05, 0.1) is 0 Å². The van der Waals surface area contributed by atoms with E-state index >= 15 is 0 Å². The van der Waals surface area contributed by atoms with Crippen molar-refractivity contribution in [3.63, 3.8) is 0 Å². The Labute approximate surface area is 346 Å². The van der Waals surface area contributed by atoms with E-state index in [4.69, 9.17) is 19.1 Å². The van der Waals surface area contributed by atoms with E-state index in [0.29, 0.717) is 0 Å². The summed E-state index contributed by atoms with van der Waals surface area (Å²) in [5.74, 6) is 0. The summed E-state index contributed by atoms with van der Waals surface area (Å²) < 4.78 is 6.88. The Balaban J connectivity index is 0.000000197. The summed E-state index contributed by atoms with van der Waals surface area (Å²) in [6.45, 7) is 0. The van der Waals surface area contributed by atoms with Crippen molar-refractivity contribution < 1.29 is 15.9 Å². The minimum absolute atomic E-state index is 0.106. The summed E-state index contributed by atoms with van der Waals surface area (Å²) >= 11 is 22.3. The summed E-state index contributed by atoms with van der Waals surface area (Å²) in [4.78, 5) is 0. The SMILES string of the molecule is Brc1ccccc1P(c1ccccc1Br)c1ccccc1Br.Brc1ccccc1P(c1ccccc1Br)c1ccccc1Br.[Cl][Pd][Cl]. The average Bonchev–Trinajstić information content (AvgIpc) is 3.07. The fourth-order valence-electron chi connectivity index (χ4n) is 4.58. The number of benzene rings is 6. The van der Waals surface area contributed by atoms with Crippen LogP contribution in [0.15, 0.2) is 172 Å². The molecule has 0 atom stereocenters. The molecule has 0 aromatic heterocycles. The van der Waals surface area contributed by atoms with Gasteiger partial charge in [-0.1, -0.05) is 205 Å². The van der Waals surface area contributed by atoms with Crippen LogP contribution in [0.3, 0.4) is 0 Å². The summed E-state index contributed by atoms with van der Waals surface area (Å²) in [6, 6.07) is 50.8. The van der Waals surface area contributed by atoms with Crippen molar-refractivity contribution in [3.05, 3.63) is 172 Å². The van der Waals surface area contributed by atoms with Gasteiger partial charge in [-0.15, -0.1) is 0 Å². The molecule has 0 radical (unpaired) electrons. The van der Waals surface area contributed by atoms with Crippen molar-refractivity contribution in [2.24, 2.45) is 0 Å². The van der Waals surface area contributed by atoms with Crippen LogP contribution in [0.4, 0.5) is 0 Å². The van der Waals surface area contributed by atoms with Crippen LogP contribution in [0.25, 0.3) is 0 Å². The first kappa shape index (κ1) is 40.1. The van der Waals surface area contributed by atoms with Gasteiger partial charge in [0.1, 0.15) is 0 Å². The number of hydrogen-bond donors (Lipinski definition) is 0. The van der Waals surface area contributed by atoms with Gasteiger partial charge in [-0.2, -0.15) is 0 Å². The van der Waals surface area contributed by atoms with Gasteiger partial charge >= 0.3 is 35.0 Å². The third-order valence-electron chi connectivity index (χ3n) is 6.56. The first-order valence-electron chi connectivity index (χ1n) is 13.7. The molecule has 0 saturated heterocycles. The van der Waals surface area contributed by atoms with E-state index in [-0.39, 0.29) is 15.9 Å². The van der Waals surface area contributed by atoms with Gasteiger partial charge in [-0.05, 0) is 84.1 Å². The zero-order valence-corrected chi connectivity index (χ0v) is 38.5. The maximum absolute atomic E-state index is 4.81. The van der Waals surface area contributed by atoms with Crippen molar-refractivity contribution in [2.45, 2.75) is 0 Å². The number of halogens is 8. The molecular weight excluding hydrogens is 1150 g/mol. The Bertz CT molecular complexity index is 1560. The van der Waals surface area contributed by atoms with Crippen LogP contribution in [0.2, 0.25) is 0 Å². The molecule has 0 saturated carbocycles. The first-order chi connectivity index (χ1) is 22.8. The molecule has 0 nitrogen and oxygen atoms in total. The molecule has 6 aromatic rings. The summed E-state index contributed by atoms with van der Waals surface area (Å²) in [5.41, 5.74) is 0. The molecule has 0 bridgehead atoms. The van der Waals surface area contributed by atoms with Gasteiger partial charge in [0, 0.05) is 26.8 Å².